The zero-order chi connectivity index (χ0) is 12.1. The van der Waals surface area contributed by atoms with E-state index in [9.17, 15) is 35.1 Å². The maximum absolute atomic E-state index is 12.6. The van der Waals surface area contributed by atoms with E-state index in [-0.39, 0.29) is 0 Å². The largest absolute Gasteiger partial charge is 0.425 e. The van der Waals surface area contributed by atoms with Crippen LogP contribution in [-0.4, -0.2) is 36.9 Å². The lowest BCUT2D eigenvalue weighted by Crippen LogP contribution is -2.56. The van der Waals surface area contributed by atoms with Crippen LogP contribution in [0.5, 0.6) is 0 Å². The molecule has 1 nitrogen and oxygen atoms in total. The molecule has 1 fully saturated rings. The third-order valence-electron chi connectivity index (χ3n) is 1.79. The van der Waals surface area contributed by atoms with Gasteiger partial charge in [-0.2, -0.15) is 30.7 Å². The Morgan fingerprint density at radius 1 is 1.00 bits per heavy atom. The van der Waals surface area contributed by atoms with Gasteiger partial charge in [0.25, 0.3) is 6.17 Å². The topological polar surface area (TPSA) is 12.5 Å². The van der Waals surface area contributed by atoms with Crippen LogP contribution in [0.3, 0.4) is 0 Å². The lowest BCUT2D eigenvalue weighted by atomic mass is 10.0. The molecule has 0 amide bonds. The molecular weight excluding hydrogens is 240 g/mol. The smallest absolute Gasteiger partial charge is 0.366 e. The van der Waals surface area contributed by atoms with Gasteiger partial charge in [0, 0.05) is 0 Å². The normalized spacial score (nSPS) is 25.2. The Kier molecular flexibility index (Phi) is 2.65. The SMILES string of the molecule is FC(C(F)(F)F)C(F)(F)C(F)(F)C1CO1. The molecule has 0 bridgehead atoms. The van der Waals surface area contributed by atoms with Gasteiger partial charge in [0.05, 0.1) is 6.61 Å². The maximum Gasteiger partial charge on any atom is 0.425 e. The molecule has 0 aliphatic carbocycles. The number of alkyl halides is 8. The second-order valence-electron chi connectivity index (χ2n) is 2.97. The summed E-state index contributed by atoms with van der Waals surface area (Å²) in [6.07, 6.45) is -13.3. The number of epoxide rings is 1. The van der Waals surface area contributed by atoms with Crippen LogP contribution >= 0.6 is 0 Å². The van der Waals surface area contributed by atoms with Crippen LogP contribution in [0.15, 0.2) is 0 Å². The molecule has 0 spiro atoms. The van der Waals surface area contributed by atoms with Crippen LogP contribution in [0.25, 0.3) is 0 Å². The van der Waals surface area contributed by atoms with E-state index in [0.29, 0.717) is 0 Å². The zero-order valence-electron chi connectivity index (χ0n) is 6.79. The molecule has 1 heterocycles. The highest BCUT2D eigenvalue weighted by molar-refractivity contribution is 5.02. The first-order valence-electron chi connectivity index (χ1n) is 3.59. The van der Waals surface area contributed by atoms with Crippen LogP contribution < -0.4 is 0 Å². The number of hydrogen-bond acceptors (Lipinski definition) is 1. The summed E-state index contributed by atoms with van der Waals surface area (Å²) in [5, 5.41) is 0. The molecule has 1 rings (SSSR count). The van der Waals surface area contributed by atoms with Gasteiger partial charge in [-0.05, 0) is 0 Å². The van der Waals surface area contributed by atoms with Crippen molar-refractivity contribution >= 4 is 0 Å². The van der Waals surface area contributed by atoms with Crippen LogP contribution in [0.1, 0.15) is 0 Å². The van der Waals surface area contributed by atoms with Gasteiger partial charge in [0.1, 0.15) is 0 Å². The zero-order valence-corrected chi connectivity index (χ0v) is 6.79. The molecule has 0 aromatic carbocycles. The predicted octanol–water partition coefficient (Wildman–Crippen LogP) is 2.56. The Labute approximate surface area is 78.0 Å². The number of hydrogen-bond donors (Lipinski definition) is 0. The second kappa shape index (κ2) is 3.19. The van der Waals surface area contributed by atoms with Crippen molar-refractivity contribution < 1.29 is 39.9 Å². The summed E-state index contributed by atoms with van der Waals surface area (Å²) in [5.74, 6) is -11.0. The van der Waals surface area contributed by atoms with E-state index in [1.165, 1.54) is 0 Å². The number of rotatable bonds is 3. The summed E-state index contributed by atoms with van der Waals surface area (Å²) in [7, 11) is 0. The van der Waals surface area contributed by atoms with Crippen molar-refractivity contribution in [2.24, 2.45) is 0 Å². The van der Waals surface area contributed by atoms with Gasteiger partial charge in [-0.3, -0.25) is 0 Å². The van der Waals surface area contributed by atoms with Crippen LogP contribution in [0.2, 0.25) is 0 Å². The predicted molar refractivity (Wildman–Crippen MR) is 30.6 cm³/mol. The highest BCUT2D eigenvalue weighted by atomic mass is 19.4. The third kappa shape index (κ3) is 2.01. The molecule has 15 heavy (non-hydrogen) atoms. The Morgan fingerprint density at radius 2 is 1.40 bits per heavy atom. The van der Waals surface area contributed by atoms with Crippen molar-refractivity contribution in [3.63, 3.8) is 0 Å². The van der Waals surface area contributed by atoms with E-state index in [1.807, 2.05) is 0 Å². The van der Waals surface area contributed by atoms with Crippen molar-refractivity contribution in [1.82, 2.24) is 0 Å². The Morgan fingerprint density at radius 3 is 1.67 bits per heavy atom. The van der Waals surface area contributed by atoms with Gasteiger partial charge in [0.2, 0.25) is 0 Å². The van der Waals surface area contributed by atoms with E-state index in [1.54, 1.807) is 0 Å². The summed E-state index contributed by atoms with van der Waals surface area (Å²) in [6.45, 7) is -0.812. The first kappa shape index (κ1) is 12.5. The summed E-state index contributed by atoms with van der Waals surface area (Å²) in [6, 6.07) is 0. The van der Waals surface area contributed by atoms with Crippen LogP contribution in [-0.2, 0) is 4.74 Å². The summed E-state index contributed by atoms with van der Waals surface area (Å²) in [5.41, 5.74) is 0. The summed E-state index contributed by atoms with van der Waals surface area (Å²) < 4.78 is 101. The third-order valence-corrected chi connectivity index (χ3v) is 1.79. The molecule has 1 aliphatic rings. The molecule has 1 aliphatic heterocycles. The average Bonchev–Trinajstić information content (AvgIpc) is 2.82. The van der Waals surface area contributed by atoms with Crippen LogP contribution in [0.4, 0.5) is 35.1 Å². The standard InChI is InChI=1S/C6H4F8O/c7-3(6(12,13)14)5(10,11)4(8,9)2-1-15-2/h2-3H,1H2. The van der Waals surface area contributed by atoms with Gasteiger partial charge in [-0.15, -0.1) is 0 Å². The van der Waals surface area contributed by atoms with Gasteiger partial charge >= 0.3 is 18.0 Å². The van der Waals surface area contributed by atoms with Crippen molar-refractivity contribution in [3.8, 4) is 0 Å². The lowest BCUT2D eigenvalue weighted by molar-refractivity contribution is -0.309. The minimum atomic E-state index is -6.04. The van der Waals surface area contributed by atoms with Crippen molar-refractivity contribution in [2.45, 2.75) is 30.3 Å². The fourth-order valence-corrected chi connectivity index (χ4v) is 0.847. The highest BCUT2D eigenvalue weighted by Crippen LogP contribution is 2.49. The van der Waals surface area contributed by atoms with Crippen molar-refractivity contribution in [1.29, 1.82) is 0 Å². The molecule has 0 aromatic rings. The quantitative estimate of drug-likeness (QED) is 0.549. The fourth-order valence-electron chi connectivity index (χ4n) is 0.847. The van der Waals surface area contributed by atoms with Gasteiger partial charge in [-0.25, -0.2) is 4.39 Å². The van der Waals surface area contributed by atoms with Gasteiger partial charge < -0.3 is 4.74 Å². The Balaban J connectivity index is 2.90. The molecule has 0 saturated carbocycles. The van der Waals surface area contributed by atoms with Crippen LogP contribution in [0, 0.1) is 0 Å². The molecule has 2 unspecified atom stereocenters. The molecule has 90 valence electrons. The van der Waals surface area contributed by atoms with E-state index in [2.05, 4.69) is 4.74 Å². The van der Waals surface area contributed by atoms with E-state index < -0.39 is 36.9 Å². The van der Waals surface area contributed by atoms with E-state index in [0.717, 1.165) is 0 Å². The van der Waals surface area contributed by atoms with E-state index >= 15 is 0 Å². The number of halogens is 8. The molecular formula is C6H4F8O. The minimum Gasteiger partial charge on any atom is -0.366 e. The first-order valence-corrected chi connectivity index (χ1v) is 3.59. The Bertz CT molecular complexity index is 242. The van der Waals surface area contributed by atoms with E-state index in [4.69, 9.17) is 0 Å². The maximum atomic E-state index is 12.6. The first-order chi connectivity index (χ1) is 6.51. The summed E-state index contributed by atoms with van der Waals surface area (Å²) in [4.78, 5) is 0. The molecule has 1 saturated heterocycles. The number of ether oxygens (including phenoxy) is 1. The van der Waals surface area contributed by atoms with Gasteiger partial charge in [-0.1, -0.05) is 0 Å². The molecule has 0 radical (unpaired) electrons. The van der Waals surface area contributed by atoms with Crippen molar-refractivity contribution in [2.75, 3.05) is 6.61 Å². The van der Waals surface area contributed by atoms with Gasteiger partial charge in [0.15, 0.2) is 6.10 Å². The summed E-state index contributed by atoms with van der Waals surface area (Å²) >= 11 is 0. The lowest BCUT2D eigenvalue weighted by Gasteiger charge is -2.28. The average molecular weight is 244 g/mol. The fraction of sp³-hybridized carbons (Fsp3) is 1.00. The monoisotopic (exact) mass is 244 g/mol. The molecule has 0 aromatic heterocycles. The Hall–Kier alpha value is -0.600. The molecule has 9 heteroatoms. The van der Waals surface area contributed by atoms with Crippen molar-refractivity contribution in [3.05, 3.63) is 0 Å². The highest BCUT2D eigenvalue weighted by Gasteiger charge is 2.74. The molecule has 0 N–H and O–H groups in total. The molecule has 2 atom stereocenters. The second-order valence-corrected chi connectivity index (χ2v) is 2.97. The minimum absolute atomic E-state index is 0.812.